The molecule has 1 aliphatic carbocycles. The van der Waals surface area contributed by atoms with Crippen molar-refractivity contribution in [3.05, 3.63) is 34.8 Å². The quantitative estimate of drug-likeness (QED) is 0.928. The molecule has 0 bridgehead atoms. The molecule has 112 valence electrons. The maximum absolute atomic E-state index is 5.32. The topological polar surface area (TPSA) is 34.2 Å². The third-order valence-electron chi connectivity index (χ3n) is 4.11. The summed E-state index contributed by atoms with van der Waals surface area (Å²) in [4.78, 5) is 6.31. The van der Waals surface area contributed by atoms with Crippen LogP contribution in [0, 0.1) is 5.41 Å². The first-order valence-electron chi connectivity index (χ1n) is 7.34. The summed E-state index contributed by atoms with van der Waals surface area (Å²) in [5, 5.41) is 4.54. The molecule has 0 amide bonds. The molecule has 1 unspecified atom stereocenters. The van der Waals surface area contributed by atoms with Gasteiger partial charge in [-0.25, -0.2) is 4.98 Å². The Balaban J connectivity index is 2.02. The molecule has 0 spiro atoms. The van der Waals surface area contributed by atoms with Crippen LogP contribution < -0.4 is 10.1 Å². The van der Waals surface area contributed by atoms with Gasteiger partial charge < -0.3 is 10.1 Å². The van der Waals surface area contributed by atoms with Crippen molar-refractivity contribution in [1.29, 1.82) is 0 Å². The number of thiazole rings is 1. The van der Waals surface area contributed by atoms with Gasteiger partial charge in [-0.15, -0.1) is 11.3 Å². The molecular formula is C17H22N2OS. The number of hydrogen-bond acceptors (Lipinski definition) is 4. The van der Waals surface area contributed by atoms with Crippen LogP contribution in [0.3, 0.4) is 0 Å². The molecule has 0 aliphatic heterocycles. The number of ether oxygens (including phenoxy) is 1. The lowest BCUT2D eigenvalue weighted by Crippen LogP contribution is -2.30. The van der Waals surface area contributed by atoms with Crippen molar-refractivity contribution in [3.8, 4) is 16.3 Å². The van der Waals surface area contributed by atoms with Gasteiger partial charge >= 0.3 is 0 Å². The van der Waals surface area contributed by atoms with Crippen LogP contribution >= 0.6 is 11.3 Å². The molecule has 21 heavy (non-hydrogen) atoms. The summed E-state index contributed by atoms with van der Waals surface area (Å²) in [5.41, 5.74) is 2.70. The number of nitrogens with zero attached hydrogens (tertiary/aromatic N) is 1. The second kappa shape index (κ2) is 5.43. The molecular weight excluding hydrogens is 280 g/mol. The number of methoxy groups -OCH3 is 1. The number of hydrogen-bond donors (Lipinski definition) is 1. The highest BCUT2D eigenvalue weighted by molar-refractivity contribution is 7.15. The molecule has 2 aromatic rings. The second-order valence-electron chi connectivity index (χ2n) is 6.45. The van der Waals surface area contributed by atoms with Crippen LogP contribution in [0.4, 0.5) is 0 Å². The number of rotatable bonds is 3. The van der Waals surface area contributed by atoms with Crippen molar-refractivity contribution in [3.63, 3.8) is 0 Å². The highest BCUT2D eigenvalue weighted by atomic mass is 32.1. The first kappa shape index (κ1) is 14.5. The van der Waals surface area contributed by atoms with Crippen molar-refractivity contribution in [2.45, 2.75) is 32.7 Å². The largest absolute Gasteiger partial charge is 0.497 e. The molecule has 4 heteroatoms. The Morgan fingerprint density at radius 3 is 2.90 bits per heavy atom. The molecule has 1 heterocycles. The average molecular weight is 302 g/mol. The zero-order valence-corrected chi connectivity index (χ0v) is 13.9. The van der Waals surface area contributed by atoms with Crippen molar-refractivity contribution in [1.82, 2.24) is 10.3 Å². The third-order valence-corrected chi connectivity index (χ3v) is 5.37. The van der Waals surface area contributed by atoms with Gasteiger partial charge in [-0.05, 0) is 37.4 Å². The van der Waals surface area contributed by atoms with Crippen molar-refractivity contribution < 1.29 is 4.74 Å². The van der Waals surface area contributed by atoms with Gasteiger partial charge in [0, 0.05) is 16.5 Å². The molecule has 0 fully saturated rings. The van der Waals surface area contributed by atoms with Crippen LogP contribution in [0.2, 0.25) is 0 Å². The van der Waals surface area contributed by atoms with Crippen molar-refractivity contribution in [2.24, 2.45) is 5.41 Å². The van der Waals surface area contributed by atoms with E-state index in [4.69, 9.17) is 9.72 Å². The minimum absolute atomic E-state index is 0.306. The van der Waals surface area contributed by atoms with Gasteiger partial charge in [0.1, 0.15) is 10.8 Å². The van der Waals surface area contributed by atoms with Crippen LogP contribution in [0.1, 0.15) is 36.9 Å². The highest BCUT2D eigenvalue weighted by Crippen LogP contribution is 2.44. The van der Waals surface area contributed by atoms with E-state index in [9.17, 15) is 0 Å². The Labute approximate surface area is 130 Å². The van der Waals surface area contributed by atoms with Gasteiger partial charge in [-0.1, -0.05) is 26.0 Å². The van der Waals surface area contributed by atoms with Crippen LogP contribution in [0.15, 0.2) is 24.3 Å². The van der Waals surface area contributed by atoms with E-state index in [0.717, 1.165) is 29.2 Å². The van der Waals surface area contributed by atoms with E-state index < -0.39 is 0 Å². The van der Waals surface area contributed by atoms with Gasteiger partial charge in [-0.3, -0.25) is 0 Å². The van der Waals surface area contributed by atoms with Crippen molar-refractivity contribution >= 4 is 11.3 Å². The van der Waals surface area contributed by atoms with Crippen molar-refractivity contribution in [2.75, 3.05) is 14.2 Å². The molecule has 1 aromatic heterocycles. The summed E-state index contributed by atoms with van der Waals surface area (Å²) in [5.74, 6) is 0.881. The van der Waals surface area contributed by atoms with E-state index in [-0.39, 0.29) is 0 Å². The normalized spacial score (nSPS) is 20.1. The lowest BCUT2D eigenvalue weighted by Gasteiger charge is -2.34. The second-order valence-corrected chi connectivity index (χ2v) is 7.48. The molecule has 1 aromatic carbocycles. The van der Waals surface area contributed by atoms with Crippen LogP contribution in [-0.4, -0.2) is 19.1 Å². The zero-order chi connectivity index (χ0) is 15.0. The van der Waals surface area contributed by atoms with E-state index in [1.807, 2.05) is 30.5 Å². The fraction of sp³-hybridized carbons (Fsp3) is 0.471. The summed E-state index contributed by atoms with van der Waals surface area (Å²) in [6.45, 7) is 4.65. The summed E-state index contributed by atoms with van der Waals surface area (Å²) >= 11 is 1.81. The first-order valence-corrected chi connectivity index (χ1v) is 8.15. The van der Waals surface area contributed by atoms with Crippen LogP contribution in [0.25, 0.3) is 10.6 Å². The Morgan fingerprint density at radius 2 is 2.19 bits per heavy atom. The SMILES string of the molecule is CNC1CC(C)(C)Cc2nc(-c3cccc(OC)c3)sc21. The van der Waals surface area contributed by atoms with Gasteiger partial charge in [-0.2, -0.15) is 0 Å². The standard InChI is InChI=1S/C17H22N2OS/c1-17(2)9-13(18-3)15-14(10-17)19-16(21-15)11-6-5-7-12(8-11)20-4/h5-8,13,18H,9-10H2,1-4H3. The van der Waals surface area contributed by atoms with E-state index in [0.29, 0.717) is 11.5 Å². The molecule has 0 saturated heterocycles. The number of aromatic nitrogens is 1. The molecule has 0 saturated carbocycles. The van der Waals surface area contributed by atoms with E-state index in [1.54, 1.807) is 7.11 Å². The number of nitrogens with one attached hydrogen (secondary N) is 1. The maximum atomic E-state index is 5.32. The van der Waals surface area contributed by atoms with Gasteiger partial charge in [0.15, 0.2) is 0 Å². The van der Waals surface area contributed by atoms with E-state index >= 15 is 0 Å². The predicted octanol–water partition coefficient (Wildman–Crippen LogP) is 4.05. The fourth-order valence-corrected chi connectivity index (χ4v) is 4.23. The minimum atomic E-state index is 0.306. The average Bonchev–Trinajstić information content (AvgIpc) is 2.89. The monoisotopic (exact) mass is 302 g/mol. The molecule has 1 aliphatic rings. The zero-order valence-electron chi connectivity index (χ0n) is 13.1. The Kier molecular flexibility index (Phi) is 3.76. The summed E-state index contributed by atoms with van der Waals surface area (Å²) in [6, 6.07) is 8.57. The Morgan fingerprint density at radius 1 is 1.38 bits per heavy atom. The molecule has 0 radical (unpaired) electrons. The molecule has 3 nitrogen and oxygen atoms in total. The fourth-order valence-electron chi connectivity index (χ4n) is 3.05. The number of fused-ring (bicyclic) bond motifs is 1. The Bertz CT molecular complexity index is 648. The number of benzene rings is 1. The minimum Gasteiger partial charge on any atom is -0.497 e. The smallest absolute Gasteiger partial charge is 0.124 e. The summed E-state index contributed by atoms with van der Waals surface area (Å²) < 4.78 is 5.32. The lowest BCUT2D eigenvalue weighted by atomic mass is 9.76. The molecule has 1 atom stereocenters. The maximum Gasteiger partial charge on any atom is 0.124 e. The summed E-state index contributed by atoms with van der Waals surface area (Å²) in [6.07, 6.45) is 2.22. The highest BCUT2D eigenvalue weighted by Gasteiger charge is 2.34. The molecule has 3 rings (SSSR count). The first-order chi connectivity index (χ1) is 10.0. The lowest BCUT2D eigenvalue weighted by molar-refractivity contribution is 0.265. The predicted molar refractivity (Wildman–Crippen MR) is 88.0 cm³/mol. The van der Waals surface area contributed by atoms with Gasteiger partial charge in [0.2, 0.25) is 0 Å². The molecule has 1 N–H and O–H groups in total. The van der Waals surface area contributed by atoms with Crippen LogP contribution in [0.5, 0.6) is 5.75 Å². The van der Waals surface area contributed by atoms with Crippen LogP contribution in [-0.2, 0) is 6.42 Å². The third kappa shape index (κ3) is 2.83. The Hall–Kier alpha value is -1.39. The summed E-state index contributed by atoms with van der Waals surface area (Å²) in [7, 11) is 3.74. The van der Waals surface area contributed by atoms with Gasteiger partial charge in [0.05, 0.1) is 12.8 Å². The van der Waals surface area contributed by atoms with Gasteiger partial charge in [0.25, 0.3) is 0 Å². The van der Waals surface area contributed by atoms with E-state index in [2.05, 4.69) is 31.3 Å². The van der Waals surface area contributed by atoms with E-state index in [1.165, 1.54) is 10.6 Å².